The van der Waals surface area contributed by atoms with Gasteiger partial charge in [-0.2, -0.15) is 0 Å². The summed E-state index contributed by atoms with van der Waals surface area (Å²) in [5.74, 6) is 0.376. The summed E-state index contributed by atoms with van der Waals surface area (Å²) in [7, 11) is 4.07. The molecule has 0 radical (unpaired) electrons. The summed E-state index contributed by atoms with van der Waals surface area (Å²) in [5, 5.41) is 10.9. The Labute approximate surface area is 95.9 Å². The summed E-state index contributed by atoms with van der Waals surface area (Å²) in [6.45, 7) is 3.89. The lowest BCUT2D eigenvalue weighted by molar-refractivity contribution is 0.403. The molecule has 1 aromatic carbocycles. The molecule has 1 heterocycles. The fourth-order valence-corrected chi connectivity index (χ4v) is 2.14. The molecule has 0 bridgehead atoms. The first-order valence-electron chi connectivity index (χ1n) is 5.58. The van der Waals surface area contributed by atoms with Crippen LogP contribution in [0.1, 0.15) is 12.5 Å². The SMILES string of the molecule is CCn1cc(CN(C)C)c2c(O)cccc21. The molecule has 16 heavy (non-hydrogen) atoms. The van der Waals surface area contributed by atoms with Crippen LogP contribution >= 0.6 is 0 Å². The first-order chi connectivity index (χ1) is 7.63. The van der Waals surface area contributed by atoms with E-state index in [1.165, 1.54) is 5.56 Å². The second-order valence-corrected chi connectivity index (χ2v) is 4.35. The molecule has 0 atom stereocenters. The number of aromatic hydroxyl groups is 1. The molecule has 0 unspecified atom stereocenters. The molecule has 0 saturated heterocycles. The van der Waals surface area contributed by atoms with Crippen molar-refractivity contribution >= 4 is 10.9 Å². The topological polar surface area (TPSA) is 28.4 Å². The average molecular weight is 218 g/mol. The number of aryl methyl sites for hydroxylation is 1. The van der Waals surface area contributed by atoms with Crippen molar-refractivity contribution in [1.82, 2.24) is 9.47 Å². The second-order valence-electron chi connectivity index (χ2n) is 4.35. The third-order valence-electron chi connectivity index (χ3n) is 2.79. The van der Waals surface area contributed by atoms with Crippen molar-refractivity contribution in [2.45, 2.75) is 20.0 Å². The first kappa shape index (κ1) is 11.0. The highest BCUT2D eigenvalue weighted by atomic mass is 16.3. The number of benzene rings is 1. The van der Waals surface area contributed by atoms with Crippen LogP contribution < -0.4 is 0 Å². The minimum atomic E-state index is 0.376. The molecule has 0 aliphatic heterocycles. The molecule has 3 heteroatoms. The van der Waals surface area contributed by atoms with Gasteiger partial charge in [-0.15, -0.1) is 0 Å². The number of fused-ring (bicyclic) bond motifs is 1. The molecular weight excluding hydrogens is 200 g/mol. The molecule has 0 saturated carbocycles. The molecule has 0 aliphatic carbocycles. The number of rotatable bonds is 3. The van der Waals surface area contributed by atoms with Crippen LogP contribution in [0.15, 0.2) is 24.4 Å². The van der Waals surface area contributed by atoms with E-state index < -0.39 is 0 Å². The fraction of sp³-hybridized carbons (Fsp3) is 0.385. The third kappa shape index (κ3) is 1.78. The van der Waals surface area contributed by atoms with E-state index in [-0.39, 0.29) is 0 Å². The lowest BCUT2D eigenvalue weighted by Gasteiger charge is -2.08. The summed E-state index contributed by atoms with van der Waals surface area (Å²) in [4.78, 5) is 2.11. The van der Waals surface area contributed by atoms with Crippen LogP contribution in [-0.4, -0.2) is 28.7 Å². The lowest BCUT2D eigenvalue weighted by Crippen LogP contribution is -2.10. The van der Waals surface area contributed by atoms with E-state index in [4.69, 9.17) is 0 Å². The smallest absolute Gasteiger partial charge is 0.125 e. The Balaban J connectivity index is 2.64. The highest BCUT2D eigenvalue weighted by Gasteiger charge is 2.11. The van der Waals surface area contributed by atoms with Crippen molar-refractivity contribution in [3.63, 3.8) is 0 Å². The monoisotopic (exact) mass is 218 g/mol. The van der Waals surface area contributed by atoms with Gasteiger partial charge in [0.25, 0.3) is 0 Å². The van der Waals surface area contributed by atoms with Gasteiger partial charge in [-0.3, -0.25) is 0 Å². The van der Waals surface area contributed by atoms with Crippen LogP contribution in [0.4, 0.5) is 0 Å². The number of aromatic nitrogens is 1. The zero-order chi connectivity index (χ0) is 11.7. The summed E-state index contributed by atoms with van der Waals surface area (Å²) in [5.41, 5.74) is 2.29. The van der Waals surface area contributed by atoms with Gasteiger partial charge in [0.05, 0.1) is 5.52 Å². The van der Waals surface area contributed by atoms with Gasteiger partial charge in [-0.25, -0.2) is 0 Å². The predicted octanol–water partition coefficient (Wildman–Crippen LogP) is 2.43. The van der Waals surface area contributed by atoms with Gasteiger partial charge in [-0.1, -0.05) is 6.07 Å². The zero-order valence-electron chi connectivity index (χ0n) is 10.1. The van der Waals surface area contributed by atoms with Gasteiger partial charge in [0, 0.05) is 24.7 Å². The maximum atomic E-state index is 9.94. The number of nitrogens with zero attached hydrogens (tertiary/aromatic N) is 2. The summed E-state index contributed by atoms with van der Waals surface area (Å²) < 4.78 is 2.17. The quantitative estimate of drug-likeness (QED) is 0.857. The zero-order valence-corrected chi connectivity index (χ0v) is 10.1. The van der Waals surface area contributed by atoms with Crippen LogP contribution in [0.2, 0.25) is 0 Å². The van der Waals surface area contributed by atoms with Gasteiger partial charge in [-0.05, 0) is 38.7 Å². The predicted molar refractivity (Wildman–Crippen MR) is 66.7 cm³/mol. The molecule has 2 aromatic rings. The summed E-state index contributed by atoms with van der Waals surface area (Å²) in [6, 6.07) is 5.70. The highest BCUT2D eigenvalue weighted by molar-refractivity contribution is 5.89. The number of phenolic OH excluding ortho intramolecular Hbond substituents is 1. The maximum Gasteiger partial charge on any atom is 0.125 e. The van der Waals surface area contributed by atoms with E-state index in [1.807, 2.05) is 20.2 Å². The van der Waals surface area contributed by atoms with Gasteiger partial charge < -0.3 is 14.6 Å². The van der Waals surface area contributed by atoms with E-state index in [1.54, 1.807) is 6.07 Å². The molecule has 0 amide bonds. The molecule has 0 spiro atoms. The molecule has 3 nitrogen and oxygen atoms in total. The Morgan fingerprint density at radius 3 is 2.69 bits per heavy atom. The Kier molecular flexibility index (Phi) is 2.88. The standard InChI is InChI=1S/C13H18N2O/c1-4-15-9-10(8-14(2)3)13-11(15)6-5-7-12(13)16/h5-7,9,16H,4,8H2,1-3H3. The van der Waals surface area contributed by atoms with Gasteiger partial charge in [0.2, 0.25) is 0 Å². The largest absolute Gasteiger partial charge is 0.507 e. The number of phenols is 1. The van der Waals surface area contributed by atoms with Crippen LogP contribution in [0.25, 0.3) is 10.9 Å². The normalized spacial score (nSPS) is 11.5. The number of hydrogen-bond donors (Lipinski definition) is 1. The molecule has 0 fully saturated rings. The van der Waals surface area contributed by atoms with E-state index in [2.05, 4.69) is 28.7 Å². The molecular formula is C13H18N2O. The van der Waals surface area contributed by atoms with Crippen molar-refractivity contribution in [2.24, 2.45) is 0 Å². The average Bonchev–Trinajstić information content (AvgIpc) is 2.57. The van der Waals surface area contributed by atoms with Crippen molar-refractivity contribution < 1.29 is 5.11 Å². The molecule has 86 valence electrons. The molecule has 2 rings (SSSR count). The maximum absolute atomic E-state index is 9.94. The molecule has 1 aromatic heterocycles. The van der Waals surface area contributed by atoms with Crippen molar-refractivity contribution in [2.75, 3.05) is 14.1 Å². The number of hydrogen-bond acceptors (Lipinski definition) is 2. The summed E-state index contributed by atoms with van der Waals surface area (Å²) in [6.07, 6.45) is 2.13. The minimum Gasteiger partial charge on any atom is -0.507 e. The summed E-state index contributed by atoms with van der Waals surface area (Å²) >= 11 is 0. The Hall–Kier alpha value is -1.48. The lowest BCUT2D eigenvalue weighted by atomic mass is 10.1. The van der Waals surface area contributed by atoms with Crippen molar-refractivity contribution in [3.05, 3.63) is 30.0 Å². The van der Waals surface area contributed by atoms with Crippen molar-refractivity contribution in [3.8, 4) is 5.75 Å². The highest BCUT2D eigenvalue weighted by Crippen LogP contribution is 2.30. The van der Waals surface area contributed by atoms with Crippen LogP contribution in [0.5, 0.6) is 5.75 Å². The van der Waals surface area contributed by atoms with Crippen molar-refractivity contribution in [1.29, 1.82) is 0 Å². The van der Waals surface area contributed by atoms with E-state index >= 15 is 0 Å². The molecule has 1 N–H and O–H groups in total. The fourth-order valence-electron chi connectivity index (χ4n) is 2.14. The minimum absolute atomic E-state index is 0.376. The van der Waals surface area contributed by atoms with Gasteiger partial charge in [0.1, 0.15) is 5.75 Å². The van der Waals surface area contributed by atoms with Crippen LogP contribution in [-0.2, 0) is 13.1 Å². The van der Waals surface area contributed by atoms with E-state index in [0.717, 1.165) is 24.0 Å². The second kappa shape index (κ2) is 4.18. The van der Waals surface area contributed by atoms with E-state index in [9.17, 15) is 5.11 Å². The Morgan fingerprint density at radius 2 is 2.06 bits per heavy atom. The molecule has 0 aliphatic rings. The van der Waals surface area contributed by atoms with Crippen LogP contribution in [0.3, 0.4) is 0 Å². The first-order valence-corrected chi connectivity index (χ1v) is 5.58. The Morgan fingerprint density at radius 1 is 1.31 bits per heavy atom. The van der Waals surface area contributed by atoms with Gasteiger partial charge >= 0.3 is 0 Å². The Bertz CT molecular complexity index is 500. The van der Waals surface area contributed by atoms with E-state index in [0.29, 0.717) is 5.75 Å². The van der Waals surface area contributed by atoms with Gasteiger partial charge in [0.15, 0.2) is 0 Å². The third-order valence-corrected chi connectivity index (χ3v) is 2.79. The van der Waals surface area contributed by atoms with Crippen LogP contribution in [0, 0.1) is 0 Å².